The van der Waals surface area contributed by atoms with E-state index in [1.807, 2.05) is 30.3 Å². The van der Waals surface area contributed by atoms with Crippen LogP contribution in [0.1, 0.15) is 10.4 Å². The van der Waals surface area contributed by atoms with Crippen molar-refractivity contribution in [2.45, 2.75) is 0 Å². The molecule has 0 bridgehead atoms. The highest BCUT2D eigenvalue weighted by atomic mass is 32.1. The number of aromatic nitrogens is 2. The molecule has 3 aromatic rings. The number of ether oxygens (including phenoxy) is 2. The average Bonchev–Trinajstić information content (AvgIpc) is 3.24. The number of nitrogens with one attached hydrogen (secondary N) is 1. The van der Waals surface area contributed by atoms with Crippen molar-refractivity contribution in [2.24, 2.45) is 0 Å². The largest absolute Gasteiger partial charge is 0.454 e. The lowest BCUT2D eigenvalue weighted by atomic mass is 10.2. The van der Waals surface area contributed by atoms with Crippen molar-refractivity contribution >= 4 is 22.4 Å². The van der Waals surface area contributed by atoms with Crippen LogP contribution >= 0.6 is 11.3 Å². The highest BCUT2D eigenvalue weighted by Gasteiger charge is 2.17. The topological polar surface area (TPSA) is 73.3 Å². The minimum atomic E-state index is -0.265. The highest BCUT2D eigenvalue weighted by molar-refractivity contribution is 7.18. The summed E-state index contributed by atoms with van der Waals surface area (Å²) in [7, 11) is 0. The Morgan fingerprint density at radius 2 is 1.87 bits per heavy atom. The van der Waals surface area contributed by atoms with Gasteiger partial charge in [0.1, 0.15) is 5.01 Å². The van der Waals surface area contributed by atoms with E-state index in [2.05, 4.69) is 15.5 Å². The first-order valence-corrected chi connectivity index (χ1v) is 7.71. The van der Waals surface area contributed by atoms with E-state index in [1.165, 1.54) is 11.3 Å². The van der Waals surface area contributed by atoms with E-state index in [0.717, 1.165) is 10.6 Å². The van der Waals surface area contributed by atoms with Gasteiger partial charge in [0.2, 0.25) is 11.9 Å². The first-order chi connectivity index (χ1) is 11.3. The van der Waals surface area contributed by atoms with Crippen LogP contribution in [0, 0.1) is 0 Å². The fourth-order valence-corrected chi connectivity index (χ4v) is 2.92. The molecule has 0 saturated carbocycles. The number of rotatable bonds is 3. The van der Waals surface area contributed by atoms with Crippen molar-refractivity contribution in [1.29, 1.82) is 0 Å². The van der Waals surface area contributed by atoms with Gasteiger partial charge in [-0.3, -0.25) is 10.1 Å². The van der Waals surface area contributed by atoms with E-state index >= 15 is 0 Å². The second-order valence-electron chi connectivity index (χ2n) is 4.80. The van der Waals surface area contributed by atoms with Crippen LogP contribution in [0.25, 0.3) is 10.6 Å². The molecule has 7 heteroatoms. The lowest BCUT2D eigenvalue weighted by Crippen LogP contribution is -2.11. The quantitative estimate of drug-likeness (QED) is 0.800. The number of fused-ring (bicyclic) bond motifs is 1. The van der Waals surface area contributed by atoms with E-state index < -0.39 is 0 Å². The molecular formula is C16H11N3O3S. The fraction of sp³-hybridized carbons (Fsp3) is 0.0625. The molecule has 0 spiro atoms. The molecule has 2 heterocycles. The third-order valence-corrected chi connectivity index (χ3v) is 4.19. The zero-order valence-electron chi connectivity index (χ0n) is 11.9. The summed E-state index contributed by atoms with van der Waals surface area (Å²) in [5.74, 6) is 0.947. The molecule has 0 saturated heterocycles. The Morgan fingerprint density at radius 3 is 2.74 bits per heavy atom. The highest BCUT2D eigenvalue weighted by Crippen LogP contribution is 2.33. The second kappa shape index (κ2) is 5.69. The molecular weight excluding hydrogens is 314 g/mol. The summed E-state index contributed by atoms with van der Waals surface area (Å²) >= 11 is 1.32. The third kappa shape index (κ3) is 2.74. The Balaban J connectivity index is 1.52. The van der Waals surface area contributed by atoms with Crippen LogP contribution in [0.5, 0.6) is 11.5 Å². The molecule has 0 aliphatic carbocycles. The molecule has 114 valence electrons. The maximum atomic E-state index is 12.3. The number of hydrogen-bond acceptors (Lipinski definition) is 6. The first kappa shape index (κ1) is 13.7. The molecule has 4 rings (SSSR count). The van der Waals surface area contributed by atoms with Gasteiger partial charge in [-0.15, -0.1) is 10.2 Å². The molecule has 0 radical (unpaired) electrons. The Kier molecular flexibility index (Phi) is 3.39. The van der Waals surface area contributed by atoms with Crippen LogP contribution in [0.4, 0.5) is 5.13 Å². The molecule has 0 fully saturated rings. The summed E-state index contributed by atoms with van der Waals surface area (Å²) in [5, 5.41) is 12.1. The van der Waals surface area contributed by atoms with Gasteiger partial charge in [-0.1, -0.05) is 41.7 Å². The van der Waals surface area contributed by atoms with Crippen molar-refractivity contribution in [3.05, 3.63) is 54.1 Å². The van der Waals surface area contributed by atoms with Gasteiger partial charge < -0.3 is 9.47 Å². The van der Waals surface area contributed by atoms with Crippen LogP contribution in [-0.2, 0) is 0 Å². The molecule has 0 unspecified atom stereocenters. The summed E-state index contributed by atoms with van der Waals surface area (Å²) in [6, 6.07) is 14.7. The van der Waals surface area contributed by atoms with Crippen LogP contribution in [0.3, 0.4) is 0 Å². The summed E-state index contributed by atoms with van der Waals surface area (Å²) in [6.07, 6.45) is 0. The number of carbonyl (C=O) groups excluding carboxylic acids is 1. The van der Waals surface area contributed by atoms with Gasteiger partial charge in [0.05, 0.1) is 0 Å². The normalized spacial score (nSPS) is 12.2. The number of benzene rings is 2. The van der Waals surface area contributed by atoms with Crippen molar-refractivity contribution < 1.29 is 14.3 Å². The minimum Gasteiger partial charge on any atom is -0.454 e. The standard InChI is InChI=1S/C16H11N3O3S/c20-14(11-6-7-12-13(8-11)22-9-21-12)17-16-19-18-15(23-16)10-4-2-1-3-5-10/h1-8H,9H2,(H,17,19,20). The second-order valence-corrected chi connectivity index (χ2v) is 5.78. The molecule has 1 aliphatic heterocycles. The summed E-state index contributed by atoms with van der Waals surface area (Å²) < 4.78 is 10.5. The van der Waals surface area contributed by atoms with Crippen molar-refractivity contribution in [3.8, 4) is 22.1 Å². The summed E-state index contributed by atoms with van der Waals surface area (Å²) in [4.78, 5) is 12.3. The van der Waals surface area contributed by atoms with Gasteiger partial charge in [-0.2, -0.15) is 0 Å². The maximum Gasteiger partial charge on any atom is 0.257 e. The first-order valence-electron chi connectivity index (χ1n) is 6.89. The predicted octanol–water partition coefficient (Wildman–Crippen LogP) is 3.19. The molecule has 2 aromatic carbocycles. The van der Waals surface area contributed by atoms with Crippen molar-refractivity contribution in [2.75, 3.05) is 12.1 Å². The zero-order chi connectivity index (χ0) is 15.6. The Hall–Kier alpha value is -2.93. The van der Waals surface area contributed by atoms with Crippen LogP contribution in [0.2, 0.25) is 0 Å². The average molecular weight is 325 g/mol. The van der Waals surface area contributed by atoms with Gasteiger partial charge >= 0.3 is 0 Å². The Labute approximate surface area is 135 Å². The summed E-state index contributed by atoms with van der Waals surface area (Å²) in [6.45, 7) is 0.178. The van der Waals surface area contributed by atoms with Crippen LogP contribution in [-0.4, -0.2) is 22.9 Å². The Bertz CT molecular complexity index is 864. The summed E-state index contributed by atoms with van der Waals surface area (Å²) in [5.41, 5.74) is 1.44. The molecule has 1 amide bonds. The van der Waals surface area contributed by atoms with Gasteiger partial charge in [-0.25, -0.2) is 0 Å². The zero-order valence-corrected chi connectivity index (χ0v) is 12.7. The van der Waals surface area contributed by atoms with Crippen LogP contribution in [0.15, 0.2) is 48.5 Å². The lowest BCUT2D eigenvalue weighted by molar-refractivity contribution is 0.102. The number of hydrogen-bond donors (Lipinski definition) is 1. The number of amides is 1. The molecule has 1 aliphatic rings. The van der Waals surface area contributed by atoms with Gasteiger partial charge in [0.25, 0.3) is 5.91 Å². The fourth-order valence-electron chi connectivity index (χ4n) is 2.18. The number of nitrogens with zero attached hydrogens (tertiary/aromatic N) is 2. The van der Waals surface area contributed by atoms with E-state index in [1.54, 1.807) is 18.2 Å². The Morgan fingerprint density at radius 1 is 1.04 bits per heavy atom. The van der Waals surface area contributed by atoms with Crippen molar-refractivity contribution in [3.63, 3.8) is 0 Å². The van der Waals surface area contributed by atoms with E-state index in [4.69, 9.17) is 9.47 Å². The van der Waals surface area contributed by atoms with E-state index in [0.29, 0.717) is 22.2 Å². The minimum absolute atomic E-state index is 0.178. The van der Waals surface area contributed by atoms with Gasteiger partial charge in [-0.05, 0) is 18.2 Å². The van der Waals surface area contributed by atoms with Gasteiger partial charge in [0, 0.05) is 11.1 Å². The van der Waals surface area contributed by atoms with Crippen LogP contribution < -0.4 is 14.8 Å². The SMILES string of the molecule is O=C(Nc1nnc(-c2ccccc2)s1)c1ccc2c(c1)OCO2. The monoisotopic (exact) mass is 325 g/mol. The van der Waals surface area contributed by atoms with Crippen molar-refractivity contribution in [1.82, 2.24) is 10.2 Å². The van der Waals surface area contributed by atoms with E-state index in [9.17, 15) is 4.79 Å². The molecule has 23 heavy (non-hydrogen) atoms. The molecule has 1 aromatic heterocycles. The molecule has 1 N–H and O–H groups in total. The predicted molar refractivity (Wildman–Crippen MR) is 85.9 cm³/mol. The maximum absolute atomic E-state index is 12.3. The lowest BCUT2D eigenvalue weighted by Gasteiger charge is -2.02. The smallest absolute Gasteiger partial charge is 0.257 e. The van der Waals surface area contributed by atoms with Gasteiger partial charge in [0.15, 0.2) is 11.5 Å². The number of carbonyl (C=O) groups is 1. The molecule has 6 nitrogen and oxygen atoms in total. The van der Waals surface area contributed by atoms with E-state index in [-0.39, 0.29) is 12.7 Å². The molecule has 0 atom stereocenters. The third-order valence-electron chi connectivity index (χ3n) is 3.30. The number of anilines is 1.